The highest BCUT2D eigenvalue weighted by Crippen LogP contribution is 2.46. The predicted octanol–water partition coefficient (Wildman–Crippen LogP) is 1.80. The Bertz CT molecular complexity index is 821. The second-order valence-corrected chi connectivity index (χ2v) is 6.99. The number of carbonyl (C=O) groups is 1. The van der Waals surface area contributed by atoms with Crippen LogP contribution in [0.2, 0.25) is 0 Å². The number of likely N-dealkylation sites (tertiary alicyclic amines) is 1. The molecule has 0 aliphatic carbocycles. The zero-order chi connectivity index (χ0) is 18.9. The van der Waals surface area contributed by atoms with Gasteiger partial charge in [-0.15, -0.1) is 0 Å². The molecule has 0 bridgehead atoms. The molecule has 0 radical (unpaired) electrons. The summed E-state index contributed by atoms with van der Waals surface area (Å²) in [4.78, 5) is 21.5. The minimum atomic E-state index is -0.278. The van der Waals surface area contributed by atoms with Crippen LogP contribution in [-0.2, 0) is 19.8 Å². The van der Waals surface area contributed by atoms with E-state index in [1.807, 2.05) is 24.1 Å². The van der Waals surface area contributed by atoms with Crippen molar-refractivity contribution in [3.8, 4) is 5.82 Å². The van der Waals surface area contributed by atoms with Crippen molar-refractivity contribution in [3.63, 3.8) is 0 Å². The Labute approximate surface area is 159 Å². The molecule has 2 aliphatic rings. The van der Waals surface area contributed by atoms with Crippen LogP contribution in [-0.4, -0.2) is 66.9 Å². The molecule has 7 heteroatoms. The highest BCUT2D eigenvalue weighted by atomic mass is 16.5. The number of nitrogens with zero attached hydrogens (tertiary/aromatic N) is 4. The van der Waals surface area contributed by atoms with E-state index >= 15 is 0 Å². The van der Waals surface area contributed by atoms with Gasteiger partial charge in [0.1, 0.15) is 12.1 Å². The van der Waals surface area contributed by atoms with Gasteiger partial charge in [0.05, 0.1) is 18.0 Å². The molecule has 0 N–H and O–H groups in total. The molecule has 2 aliphatic heterocycles. The molecule has 0 saturated carbocycles. The van der Waals surface area contributed by atoms with E-state index in [9.17, 15) is 4.79 Å². The Kier molecular flexibility index (Phi) is 4.88. The van der Waals surface area contributed by atoms with E-state index < -0.39 is 0 Å². The summed E-state index contributed by atoms with van der Waals surface area (Å²) in [7, 11) is 1.72. The quantitative estimate of drug-likeness (QED) is 0.776. The van der Waals surface area contributed by atoms with Gasteiger partial charge in [0.2, 0.25) is 5.91 Å². The Morgan fingerprint density at radius 3 is 3.04 bits per heavy atom. The normalized spacial score (nSPS) is 20.8. The standard InChI is InChI=1S/C20H26N4O3/c1-3-27-14-18(25)22-11-8-20(15-22)17-7-5-10-23(17)19-16(6-4-9-21-19)24(20)12-13-26-2/h4-7,9-10H,3,8,11-15H2,1-2H3. The minimum Gasteiger partial charge on any atom is -0.383 e. The molecule has 2 aromatic heterocycles. The largest absolute Gasteiger partial charge is 0.383 e. The van der Waals surface area contributed by atoms with Gasteiger partial charge in [-0.25, -0.2) is 4.98 Å². The van der Waals surface area contributed by atoms with E-state index in [1.54, 1.807) is 7.11 Å². The zero-order valence-electron chi connectivity index (χ0n) is 15.9. The molecule has 4 heterocycles. The Hall–Kier alpha value is -2.38. The second kappa shape index (κ2) is 7.32. The average molecular weight is 370 g/mol. The van der Waals surface area contributed by atoms with Gasteiger partial charge in [0.15, 0.2) is 5.82 Å². The maximum Gasteiger partial charge on any atom is 0.248 e. The third kappa shape index (κ3) is 2.91. The van der Waals surface area contributed by atoms with E-state index in [2.05, 4.69) is 38.8 Å². The van der Waals surface area contributed by atoms with Crippen molar-refractivity contribution in [2.75, 3.05) is 51.5 Å². The van der Waals surface area contributed by atoms with Crippen LogP contribution >= 0.6 is 0 Å². The van der Waals surface area contributed by atoms with Crippen LogP contribution in [0.5, 0.6) is 0 Å². The average Bonchev–Trinajstić information content (AvgIpc) is 3.35. The van der Waals surface area contributed by atoms with Crippen molar-refractivity contribution in [2.24, 2.45) is 0 Å². The lowest BCUT2D eigenvalue weighted by molar-refractivity contribution is -0.135. The summed E-state index contributed by atoms with van der Waals surface area (Å²) < 4.78 is 12.9. The molecular weight excluding hydrogens is 344 g/mol. The van der Waals surface area contributed by atoms with Crippen LogP contribution in [0, 0.1) is 0 Å². The Balaban J connectivity index is 1.73. The fourth-order valence-corrected chi connectivity index (χ4v) is 4.33. The molecule has 1 spiro atoms. The number of hydrogen-bond acceptors (Lipinski definition) is 5. The van der Waals surface area contributed by atoms with E-state index in [4.69, 9.17) is 9.47 Å². The second-order valence-electron chi connectivity index (χ2n) is 6.99. The number of anilines is 1. The molecule has 1 saturated heterocycles. The first-order chi connectivity index (χ1) is 13.2. The van der Waals surface area contributed by atoms with Crippen LogP contribution in [0.1, 0.15) is 19.0 Å². The monoisotopic (exact) mass is 370 g/mol. The molecule has 1 amide bonds. The minimum absolute atomic E-state index is 0.0514. The fourth-order valence-electron chi connectivity index (χ4n) is 4.33. The van der Waals surface area contributed by atoms with Crippen molar-refractivity contribution >= 4 is 11.6 Å². The predicted molar refractivity (Wildman–Crippen MR) is 102 cm³/mol. The number of methoxy groups -OCH3 is 1. The molecule has 2 aromatic rings. The third-order valence-electron chi connectivity index (χ3n) is 5.58. The van der Waals surface area contributed by atoms with Gasteiger partial charge in [0.25, 0.3) is 0 Å². The number of fused-ring (bicyclic) bond motifs is 4. The van der Waals surface area contributed by atoms with Crippen molar-refractivity contribution in [3.05, 3.63) is 42.4 Å². The summed E-state index contributed by atoms with van der Waals surface area (Å²) in [5.74, 6) is 0.980. The maximum absolute atomic E-state index is 12.6. The first-order valence-corrected chi connectivity index (χ1v) is 9.46. The van der Waals surface area contributed by atoms with Gasteiger partial charge in [-0.1, -0.05) is 0 Å². The zero-order valence-corrected chi connectivity index (χ0v) is 15.9. The van der Waals surface area contributed by atoms with Gasteiger partial charge in [-0.2, -0.15) is 0 Å². The Morgan fingerprint density at radius 2 is 2.22 bits per heavy atom. The molecular formula is C20H26N4O3. The summed E-state index contributed by atoms with van der Waals surface area (Å²) in [6.45, 7) is 5.31. The third-order valence-corrected chi connectivity index (χ3v) is 5.58. The van der Waals surface area contributed by atoms with Crippen molar-refractivity contribution in [1.82, 2.24) is 14.5 Å². The molecule has 1 atom stereocenters. The number of hydrogen-bond donors (Lipinski definition) is 0. The van der Waals surface area contributed by atoms with Crippen LogP contribution < -0.4 is 4.90 Å². The summed E-state index contributed by atoms with van der Waals surface area (Å²) >= 11 is 0. The molecule has 7 nitrogen and oxygen atoms in total. The van der Waals surface area contributed by atoms with Crippen molar-refractivity contribution < 1.29 is 14.3 Å². The smallest absolute Gasteiger partial charge is 0.248 e. The highest BCUT2D eigenvalue weighted by Gasteiger charge is 2.50. The van der Waals surface area contributed by atoms with Crippen LogP contribution in [0.15, 0.2) is 36.7 Å². The Morgan fingerprint density at radius 1 is 1.33 bits per heavy atom. The van der Waals surface area contributed by atoms with E-state index in [1.165, 1.54) is 5.69 Å². The molecule has 1 unspecified atom stereocenters. The number of carbonyl (C=O) groups excluding carboxylic acids is 1. The topological polar surface area (TPSA) is 59.8 Å². The fraction of sp³-hybridized carbons (Fsp3) is 0.500. The number of ether oxygens (including phenoxy) is 2. The highest BCUT2D eigenvalue weighted by molar-refractivity contribution is 5.78. The lowest BCUT2D eigenvalue weighted by atomic mass is 9.89. The molecule has 144 valence electrons. The number of pyridine rings is 1. The molecule has 27 heavy (non-hydrogen) atoms. The van der Waals surface area contributed by atoms with Crippen LogP contribution in [0.4, 0.5) is 5.69 Å². The van der Waals surface area contributed by atoms with Gasteiger partial charge in [-0.3, -0.25) is 4.79 Å². The van der Waals surface area contributed by atoms with E-state index in [-0.39, 0.29) is 18.1 Å². The van der Waals surface area contributed by atoms with Gasteiger partial charge >= 0.3 is 0 Å². The number of aromatic nitrogens is 2. The summed E-state index contributed by atoms with van der Waals surface area (Å²) in [5.41, 5.74) is 1.98. The number of amides is 1. The lowest BCUT2D eigenvalue weighted by Crippen LogP contribution is -2.54. The molecule has 4 rings (SSSR count). The van der Waals surface area contributed by atoms with E-state index in [0.29, 0.717) is 19.8 Å². The van der Waals surface area contributed by atoms with Crippen molar-refractivity contribution in [2.45, 2.75) is 18.9 Å². The van der Waals surface area contributed by atoms with Crippen LogP contribution in [0.25, 0.3) is 5.82 Å². The molecule has 1 fully saturated rings. The summed E-state index contributed by atoms with van der Waals surface area (Å²) in [6, 6.07) is 8.27. The van der Waals surface area contributed by atoms with Gasteiger partial charge in [-0.05, 0) is 37.6 Å². The van der Waals surface area contributed by atoms with E-state index in [0.717, 1.165) is 31.0 Å². The summed E-state index contributed by atoms with van der Waals surface area (Å²) in [5, 5.41) is 0. The molecule has 0 aromatic carbocycles. The lowest BCUT2D eigenvalue weighted by Gasteiger charge is -2.47. The van der Waals surface area contributed by atoms with Gasteiger partial charge < -0.3 is 23.8 Å². The maximum atomic E-state index is 12.6. The SMILES string of the molecule is CCOCC(=O)N1CCC2(C1)c1cccn1-c1ncccc1N2CCOC. The summed E-state index contributed by atoms with van der Waals surface area (Å²) in [6.07, 6.45) is 4.75. The van der Waals surface area contributed by atoms with Crippen molar-refractivity contribution in [1.29, 1.82) is 0 Å². The van der Waals surface area contributed by atoms with Gasteiger partial charge in [0, 0.05) is 45.7 Å². The first kappa shape index (κ1) is 18.0. The van der Waals surface area contributed by atoms with Crippen LogP contribution in [0.3, 0.4) is 0 Å². The number of rotatable bonds is 6. The first-order valence-electron chi connectivity index (χ1n) is 9.46.